The summed E-state index contributed by atoms with van der Waals surface area (Å²) in [6.45, 7) is 1.81. The lowest BCUT2D eigenvalue weighted by atomic mass is 10.2. The van der Waals surface area contributed by atoms with Gasteiger partial charge in [-0.1, -0.05) is 12.1 Å². The van der Waals surface area contributed by atoms with Crippen molar-refractivity contribution in [2.24, 2.45) is 9.98 Å². The number of nitrogens with zero attached hydrogens (tertiary/aromatic N) is 2. The quantitative estimate of drug-likeness (QED) is 0.515. The lowest BCUT2D eigenvalue weighted by Crippen LogP contribution is -1.97. The maximum Gasteiger partial charge on any atom is 0.157 e. The van der Waals surface area contributed by atoms with Gasteiger partial charge >= 0.3 is 0 Å². The lowest BCUT2D eigenvalue weighted by molar-refractivity contribution is 0.474. The van der Waals surface area contributed by atoms with Crippen LogP contribution in [-0.4, -0.2) is 24.2 Å². The van der Waals surface area contributed by atoms with Crippen LogP contribution in [0, 0.1) is 0 Å². The molecule has 0 saturated heterocycles. The molecule has 1 aromatic rings. The van der Waals surface area contributed by atoms with Crippen LogP contribution in [-0.2, 0) is 0 Å². The molecule has 3 heteroatoms. The topological polar surface area (TPSA) is 45.0 Å². The molecule has 1 aromatic carbocycles. The third-order valence-electron chi connectivity index (χ3n) is 1.61. The van der Waals surface area contributed by atoms with Crippen LogP contribution in [0.4, 0.5) is 0 Å². The largest absolute Gasteiger partial charge is 0.507 e. The van der Waals surface area contributed by atoms with Crippen LogP contribution >= 0.6 is 0 Å². The van der Waals surface area contributed by atoms with Crippen molar-refractivity contribution in [1.82, 2.24) is 0 Å². The Kier molecular flexibility index (Phi) is 3.20. The first-order valence-electron chi connectivity index (χ1n) is 4.03. The second-order valence-electron chi connectivity index (χ2n) is 2.45. The van der Waals surface area contributed by atoms with E-state index in [4.69, 9.17) is 0 Å². The molecule has 68 valence electrons. The molecule has 0 unspecified atom stereocenters. The molecule has 0 aromatic heterocycles. The zero-order chi connectivity index (χ0) is 9.68. The fraction of sp³-hybridized carbons (Fsp3) is 0.200. The highest BCUT2D eigenvalue weighted by molar-refractivity contribution is 6.04. The number of phenols is 1. The fourth-order valence-corrected chi connectivity index (χ4v) is 1.03. The molecule has 0 spiro atoms. The first-order valence-corrected chi connectivity index (χ1v) is 4.03. The predicted octanol–water partition coefficient (Wildman–Crippen LogP) is 1.86. The van der Waals surface area contributed by atoms with Crippen LogP contribution in [0.2, 0.25) is 0 Å². The van der Waals surface area contributed by atoms with E-state index in [2.05, 4.69) is 9.98 Å². The molecule has 1 rings (SSSR count). The second kappa shape index (κ2) is 4.40. The number of hydrogen-bond donors (Lipinski definition) is 1. The molecular weight excluding hydrogens is 164 g/mol. The summed E-state index contributed by atoms with van der Waals surface area (Å²) in [6.07, 6.45) is 1.65. The number of amidine groups is 1. The summed E-state index contributed by atoms with van der Waals surface area (Å²) in [5, 5.41) is 9.48. The van der Waals surface area contributed by atoms with Crippen molar-refractivity contribution in [3.63, 3.8) is 0 Å². The minimum absolute atomic E-state index is 0.203. The van der Waals surface area contributed by atoms with E-state index in [9.17, 15) is 5.11 Å². The molecular formula is C10H12N2O. The van der Waals surface area contributed by atoms with E-state index in [-0.39, 0.29) is 5.75 Å². The van der Waals surface area contributed by atoms with Gasteiger partial charge in [0.2, 0.25) is 0 Å². The summed E-state index contributed by atoms with van der Waals surface area (Å²) in [7, 11) is 1.65. The van der Waals surface area contributed by atoms with Crippen LogP contribution in [0.5, 0.6) is 5.75 Å². The maximum atomic E-state index is 9.48. The van der Waals surface area contributed by atoms with Gasteiger partial charge in [-0.2, -0.15) is 0 Å². The second-order valence-corrected chi connectivity index (χ2v) is 2.45. The lowest BCUT2D eigenvalue weighted by Gasteiger charge is -2.01. The smallest absolute Gasteiger partial charge is 0.157 e. The van der Waals surface area contributed by atoms with E-state index >= 15 is 0 Å². The average Bonchev–Trinajstić information content (AvgIpc) is 2.16. The monoisotopic (exact) mass is 176 g/mol. The van der Waals surface area contributed by atoms with Crippen molar-refractivity contribution in [3.05, 3.63) is 29.8 Å². The first kappa shape index (κ1) is 9.45. The zero-order valence-electron chi connectivity index (χ0n) is 7.73. The normalized spacial score (nSPS) is 12.3. The number of aliphatic imine (C=N–C) groups is 2. The molecule has 3 nitrogen and oxygen atoms in total. The van der Waals surface area contributed by atoms with Gasteiger partial charge in [-0.15, -0.1) is 0 Å². The van der Waals surface area contributed by atoms with Gasteiger partial charge in [-0.3, -0.25) is 4.99 Å². The molecule has 0 fully saturated rings. The Bertz CT molecular complexity index is 343. The molecule has 0 radical (unpaired) electrons. The maximum absolute atomic E-state index is 9.48. The highest BCUT2D eigenvalue weighted by Crippen LogP contribution is 2.16. The van der Waals surface area contributed by atoms with Gasteiger partial charge in [0.05, 0.1) is 5.56 Å². The van der Waals surface area contributed by atoms with E-state index in [1.165, 1.54) is 0 Å². The van der Waals surface area contributed by atoms with Crippen molar-refractivity contribution < 1.29 is 5.11 Å². The molecule has 1 N–H and O–H groups in total. The Morgan fingerprint density at radius 1 is 1.38 bits per heavy atom. The number of rotatable bonds is 1. The minimum atomic E-state index is 0.203. The van der Waals surface area contributed by atoms with E-state index in [1.54, 1.807) is 31.5 Å². The Morgan fingerprint density at radius 3 is 2.62 bits per heavy atom. The third kappa shape index (κ3) is 2.15. The van der Waals surface area contributed by atoms with Gasteiger partial charge in [0.1, 0.15) is 5.75 Å². The predicted molar refractivity (Wildman–Crippen MR) is 54.7 cm³/mol. The molecule has 0 bridgehead atoms. The van der Waals surface area contributed by atoms with Crippen LogP contribution < -0.4 is 0 Å². The number of benzene rings is 1. The van der Waals surface area contributed by atoms with Gasteiger partial charge in [-0.05, 0) is 19.1 Å². The van der Waals surface area contributed by atoms with Gasteiger partial charge in [0.25, 0.3) is 0 Å². The Labute approximate surface area is 77.5 Å². The zero-order valence-corrected chi connectivity index (χ0v) is 7.73. The SMILES string of the molecule is CC=NC(=NC)c1ccccc1O. The summed E-state index contributed by atoms with van der Waals surface area (Å²) < 4.78 is 0. The van der Waals surface area contributed by atoms with E-state index in [0.29, 0.717) is 11.4 Å². The Hall–Kier alpha value is -1.64. The minimum Gasteiger partial charge on any atom is -0.507 e. The van der Waals surface area contributed by atoms with Gasteiger partial charge in [-0.25, -0.2) is 4.99 Å². The standard InChI is InChI=1S/C10H12N2O/c1-3-12-10(11-2)8-6-4-5-7-9(8)13/h3-7,13H,1-2H3. The van der Waals surface area contributed by atoms with Crippen molar-refractivity contribution in [2.45, 2.75) is 6.92 Å². The number of para-hydroxylation sites is 1. The van der Waals surface area contributed by atoms with Crippen LogP contribution in [0.1, 0.15) is 12.5 Å². The van der Waals surface area contributed by atoms with E-state index in [1.807, 2.05) is 13.0 Å². The van der Waals surface area contributed by atoms with Gasteiger partial charge in [0.15, 0.2) is 5.84 Å². The first-order chi connectivity index (χ1) is 6.29. The molecule has 0 aliphatic heterocycles. The Morgan fingerprint density at radius 2 is 2.08 bits per heavy atom. The summed E-state index contributed by atoms with van der Waals surface area (Å²) in [5.41, 5.74) is 0.656. The molecule has 0 heterocycles. The number of hydrogen-bond acceptors (Lipinski definition) is 2. The van der Waals surface area contributed by atoms with Crippen molar-refractivity contribution in [3.8, 4) is 5.75 Å². The van der Waals surface area contributed by atoms with Crippen molar-refractivity contribution >= 4 is 12.1 Å². The van der Waals surface area contributed by atoms with E-state index in [0.717, 1.165) is 0 Å². The van der Waals surface area contributed by atoms with Crippen molar-refractivity contribution in [1.29, 1.82) is 0 Å². The molecule has 0 amide bonds. The molecule has 0 aliphatic carbocycles. The van der Waals surface area contributed by atoms with Gasteiger partial charge in [0, 0.05) is 13.3 Å². The molecule has 0 aliphatic rings. The highest BCUT2D eigenvalue weighted by Gasteiger charge is 2.04. The van der Waals surface area contributed by atoms with Crippen LogP contribution in [0.15, 0.2) is 34.3 Å². The average molecular weight is 176 g/mol. The third-order valence-corrected chi connectivity index (χ3v) is 1.61. The Balaban J connectivity index is 3.13. The molecule has 13 heavy (non-hydrogen) atoms. The van der Waals surface area contributed by atoms with Crippen LogP contribution in [0.3, 0.4) is 0 Å². The van der Waals surface area contributed by atoms with Crippen LogP contribution in [0.25, 0.3) is 0 Å². The molecule has 0 atom stereocenters. The summed E-state index contributed by atoms with van der Waals surface area (Å²) in [5.74, 6) is 0.745. The molecule has 0 saturated carbocycles. The summed E-state index contributed by atoms with van der Waals surface area (Å²) in [4.78, 5) is 8.01. The van der Waals surface area contributed by atoms with Crippen molar-refractivity contribution in [2.75, 3.05) is 7.05 Å². The number of phenolic OH excluding ortho intramolecular Hbond substituents is 1. The number of aromatic hydroxyl groups is 1. The summed E-state index contributed by atoms with van der Waals surface area (Å²) in [6, 6.07) is 7.00. The fourth-order valence-electron chi connectivity index (χ4n) is 1.03. The highest BCUT2D eigenvalue weighted by atomic mass is 16.3. The van der Waals surface area contributed by atoms with E-state index < -0.39 is 0 Å². The summed E-state index contributed by atoms with van der Waals surface area (Å²) >= 11 is 0. The van der Waals surface area contributed by atoms with Gasteiger partial charge < -0.3 is 5.11 Å².